The van der Waals surface area contributed by atoms with Crippen molar-refractivity contribution in [2.45, 2.75) is 0 Å². The fourth-order valence-corrected chi connectivity index (χ4v) is 0.681. The lowest BCUT2D eigenvalue weighted by Crippen LogP contribution is -1.81. The minimum atomic E-state index is 0.667. The molecule has 0 bridgehead atoms. The molecule has 1 aromatic heterocycles. The minimum Gasteiger partial charge on any atom is -0.290 e. The highest BCUT2D eigenvalue weighted by Crippen LogP contribution is 2.09. The van der Waals surface area contributed by atoms with E-state index in [2.05, 4.69) is 4.98 Å². The maximum absolute atomic E-state index is 8.15. The fourth-order valence-electron chi connectivity index (χ4n) is 0.271. The zero-order chi connectivity index (χ0) is 5.11. The highest BCUT2D eigenvalue weighted by atomic mass is 32.1. The van der Waals surface area contributed by atoms with Gasteiger partial charge in [0, 0.05) is 0 Å². The summed E-state index contributed by atoms with van der Waals surface area (Å²) in [6.45, 7) is 0. The van der Waals surface area contributed by atoms with E-state index in [4.69, 9.17) is 5.21 Å². The van der Waals surface area contributed by atoms with Crippen LogP contribution in [0.1, 0.15) is 0 Å². The second-order valence-electron chi connectivity index (χ2n) is 0.977. The standard InChI is InChI=1S/C3H4N2OS/c6-5-3-1-4-2-7-3/h1-2,5-6H. The summed E-state index contributed by atoms with van der Waals surface area (Å²) >= 11 is 1.35. The van der Waals surface area contributed by atoms with E-state index in [1.165, 1.54) is 11.3 Å². The van der Waals surface area contributed by atoms with Crippen LogP contribution in [0.4, 0.5) is 5.00 Å². The Bertz CT molecular complexity index is 127. The maximum atomic E-state index is 8.15. The van der Waals surface area contributed by atoms with E-state index in [1.807, 2.05) is 5.48 Å². The van der Waals surface area contributed by atoms with Crippen molar-refractivity contribution >= 4 is 16.3 Å². The smallest absolute Gasteiger partial charge is 0.132 e. The number of thiazole rings is 1. The van der Waals surface area contributed by atoms with Gasteiger partial charge in [-0.25, -0.2) is 0 Å². The molecule has 0 spiro atoms. The number of rotatable bonds is 1. The summed E-state index contributed by atoms with van der Waals surface area (Å²) in [7, 11) is 0. The van der Waals surface area contributed by atoms with E-state index >= 15 is 0 Å². The van der Waals surface area contributed by atoms with Crippen LogP contribution in [0.3, 0.4) is 0 Å². The Kier molecular flexibility index (Phi) is 1.24. The summed E-state index contributed by atoms with van der Waals surface area (Å²) in [5.74, 6) is 0. The summed E-state index contributed by atoms with van der Waals surface area (Å²) in [6.07, 6.45) is 1.55. The monoisotopic (exact) mass is 116 g/mol. The van der Waals surface area contributed by atoms with Crippen molar-refractivity contribution < 1.29 is 5.21 Å². The molecule has 0 atom stereocenters. The number of nitrogens with zero attached hydrogens (tertiary/aromatic N) is 1. The first-order valence-corrected chi connectivity index (χ1v) is 2.60. The van der Waals surface area contributed by atoms with Crippen LogP contribution >= 0.6 is 11.3 Å². The Morgan fingerprint density at radius 1 is 1.86 bits per heavy atom. The van der Waals surface area contributed by atoms with E-state index in [0.29, 0.717) is 5.00 Å². The summed E-state index contributed by atoms with van der Waals surface area (Å²) in [4.78, 5) is 3.69. The molecule has 2 N–H and O–H groups in total. The highest BCUT2D eigenvalue weighted by Gasteiger charge is 1.83. The number of hydrogen-bond acceptors (Lipinski definition) is 4. The largest absolute Gasteiger partial charge is 0.290 e. The zero-order valence-corrected chi connectivity index (χ0v) is 4.27. The first-order valence-electron chi connectivity index (χ1n) is 1.72. The van der Waals surface area contributed by atoms with Crippen molar-refractivity contribution in [2.24, 2.45) is 0 Å². The van der Waals surface area contributed by atoms with Crippen LogP contribution in [0.5, 0.6) is 0 Å². The van der Waals surface area contributed by atoms with E-state index < -0.39 is 0 Å². The third kappa shape index (κ3) is 0.880. The van der Waals surface area contributed by atoms with E-state index in [1.54, 1.807) is 11.7 Å². The molecule has 0 fully saturated rings. The molecule has 0 aliphatic heterocycles. The van der Waals surface area contributed by atoms with Crippen molar-refractivity contribution in [2.75, 3.05) is 5.48 Å². The molecule has 1 heterocycles. The second kappa shape index (κ2) is 1.90. The fraction of sp³-hybridized carbons (Fsp3) is 0. The van der Waals surface area contributed by atoms with Crippen molar-refractivity contribution in [1.29, 1.82) is 0 Å². The first-order chi connectivity index (χ1) is 3.43. The molecule has 0 saturated carbocycles. The lowest BCUT2D eigenvalue weighted by molar-refractivity contribution is 0.391. The maximum Gasteiger partial charge on any atom is 0.132 e. The van der Waals surface area contributed by atoms with Gasteiger partial charge in [-0.05, 0) is 0 Å². The van der Waals surface area contributed by atoms with Crippen LogP contribution < -0.4 is 5.48 Å². The highest BCUT2D eigenvalue weighted by molar-refractivity contribution is 7.13. The molecule has 7 heavy (non-hydrogen) atoms. The minimum absolute atomic E-state index is 0.667. The summed E-state index contributed by atoms with van der Waals surface area (Å²) in [6, 6.07) is 0. The number of aromatic nitrogens is 1. The Hall–Kier alpha value is -0.610. The molecule has 3 nitrogen and oxygen atoms in total. The Morgan fingerprint density at radius 3 is 3.00 bits per heavy atom. The van der Waals surface area contributed by atoms with Gasteiger partial charge in [-0.3, -0.25) is 15.7 Å². The molecule has 0 aliphatic rings. The van der Waals surface area contributed by atoms with Crippen molar-refractivity contribution in [3.05, 3.63) is 11.7 Å². The average Bonchev–Trinajstić information content (AvgIpc) is 2.14. The van der Waals surface area contributed by atoms with Crippen LogP contribution in [0.2, 0.25) is 0 Å². The van der Waals surface area contributed by atoms with Crippen molar-refractivity contribution in [3.63, 3.8) is 0 Å². The van der Waals surface area contributed by atoms with Gasteiger partial charge in [0.1, 0.15) is 5.00 Å². The SMILES string of the molecule is ONc1cncs1. The Morgan fingerprint density at radius 2 is 2.71 bits per heavy atom. The van der Waals surface area contributed by atoms with Gasteiger partial charge >= 0.3 is 0 Å². The molecule has 0 radical (unpaired) electrons. The lowest BCUT2D eigenvalue weighted by atomic mass is 10.9. The second-order valence-corrected chi connectivity index (χ2v) is 1.86. The third-order valence-corrected chi connectivity index (χ3v) is 1.22. The van der Waals surface area contributed by atoms with Gasteiger partial charge < -0.3 is 0 Å². The van der Waals surface area contributed by atoms with Gasteiger partial charge in [0.2, 0.25) is 0 Å². The number of anilines is 1. The molecular weight excluding hydrogens is 112 g/mol. The van der Waals surface area contributed by atoms with Crippen molar-refractivity contribution in [1.82, 2.24) is 4.98 Å². The van der Waals surface area contributed by atoms with Crippen LogP contribution in [0, 0.1) is 0 Å². The third-order valence-electron chi connectivity index (χ3n) is 0.543. The molecule has 0 saturated heterocycles. The molecule has 1 rings (SSSR count). The van der Waals surface area contributed by atoms with Crippen LogP contribution in [0.15, 0.2) is 11.7 Å². The molecule has 38 valence electrons. The predicted molar refractivity (Wildman–Crippen MR) is 27.5 cm³/mol. The molecule has 0 unspecified atom stereocenters. The lowest BCUT2D eigenvalue weighted by Gasteiger charge is -1.82. The predicted octanol–water partition coefficient (Wildman–Crippen LogP) is 0.944. The van der Waals surface area contributed by atoms with Crippen LogP contribution in [0.25, 0.3) is 0 Å². The van der Waals surface area contributed by atoms with Crippen molar-refractivity contribution in [3.8, 4) is 0 Å². The molecule has 4 heteroatoms. The van der Waals surface area contributed by atoms with E-state index in [9.17, 15) is 0 Å². The van der Waals surface area contributed by atoms with E-state index in [0.717, 1.165) is 0 Å². The Labute approximate surface area is 44.6 Å². The first kappa shape index (κ1) is 4.55. The van der Waals surface area contributed by atoms with Gasteiger partial charge in [0.05, 0.1) is 11.7 Å². The summed E-state index contributed by atoms with van der Waals surface area (Å²) < 4.78 is 0. The normalized spacial score (nSPS) is 8.71. The number of nitrogens with one attached hydrogen (secondary N) is 1. The zero-order valence-electron chi connectivity index (χ0n) is 3.46. The van der Waals surface area contributed by atoms with E-state index in [-0.39, 0.29) is 0 Å². The summed E-state index contributed by atoms with van der Waals surface area (Å²) in [5, 5.41) is 8.81. The van der Waals surface area contributed by atoms with Gasteiger partial charge in [-0.15, -0.1) is 11.3 Å². The van der Waals surface area contributed by atoms with Gasteiger partial charge in [-0.1, -0.05) is 0 Å². The summed E-state index contributed by atoms with van der Waals surface area (Å²) in [5.41, 5.74) is 3.60. The van der Waals surface area contributed by atoms with Gasteiger partial charge in [0.15, 0.2) is 0 Å². The molecule has 0 aliphatic carbocycles. The van der Waals surface area contributed by atoms with Gasteiger partial charge in [0.25, 0.3) is 0 Å². The van der Waals surface area contributed by atoms with Crippen LogP contribution in [-0.2, 0) is 0 Å². The molecule has 0 aromatic carbocycles. The topological polar surface area (TPSA) is 45.1 Å². The number of hydrogen-bond donors (Lipinski definition) is 2. The Balaban J connectivity index is 2.76. The molecule has 1 aromatic rings. The average molecular weight is 116 g/mol. The van der Waals surface area contributed by atoms with Crippen LogP contribution in [-0.4, -0.2) is 10.2 Å². The molecular formula is C3H4N2OS. The quantitative estimate of drug-likeness (QED) is 0.537. The molecule has 0 amide bonds. The van der Waals surface area contributed by atoms with Gasteiger partial charge in [-0.2, -0.15) is 0 Å².